The summed E-state index contributed by atoms with van der Waals surface area (Å²) < 4.78 is 16.3. The molecular weight excluding hydrogens is 508 g/mol. The van der Waals surface area contributed by atoms with E-state index in [4.69, 9.17) is 14.2 Å². The number of amides is 1. The second-order valence-corrected chi connectivity index (χ2v) is 10.0. The zero-order valence-electron chi connectivity index (χ0n) is 21.3. The molecule has 5 rings (SSSR count). The van der Waals surface area contributed by atoms with E-state index in [2.05, 4.69) is 4.98 Å². The van der Waals surface area contributed by atoms with Gasteiger partial charge in [0.25, 0.3) is 5.78 Å². The number of carbonyl (C=O) groups is 3. The van der Waals surface area contributed by atoms with Crippen molar-refractivity contribution in [3.63, 3.8) is 0 Å². The molecule has 2 aromatic carbocycles. The number of anilines is 1. The number of thiazole rings is 1. The van der Waals surface area contributed by atoms with Crippen LogP contribution in [0.4, 0.5) is 5.13 Å². The molecule has 2 aliphatic rings. The van der Waals surface area contributed by atoms with Gasteiger partial charge in [0, 0.05) is 12.0 Å². The average molecular weight is 535 g/mol. The Kier molecular flexibility index (Phi) is 6.66. The largest absolute Gasteiger partial charge is 0.507 e. The maximum Gasteiger partial charge on any atom is 0.350 e. The number of hydrogen-bond acceptors (Lipinski definition) is 9. The number of hydrogen-bond donors (Lipinski definition) is 1. The SMILES string of the molecule is CCOc1cccc(C2/C(=C(\O)c3ccc4c(c3)CC(C)O4)C(=O)C(=O)N2c2nc(C)c(C(=O)OC)s2)c1. The van der Waals surface area contributed by atoms with Gasteiger partial charge in [-0.1, -0.05) is 23.5 Å². The molecule has 1 aromatic heterocycles. The van der Waals surface area contributed by atoms with Crippen molar-refractivity contribution in [2.75, 3.05) is 18.6 Å². The molecular formula is C28H26N2O7S. The Labute approximate surface area is 223 Å². The molecule has 1 amide bonds. The molecule has 1 fully saturated rings. The van der Waals surface area contributed by atoms with Gasteiger partial charge in [0.05, 0.1) is 31.0 Å². The van der Waals surface area contributed by atoms with Crippen molar-refractivity contribution < 1.29 is 33.7 Å². The topological polar surface area (TPSA) is 115 Å². The quantitative estimate of drug-likeness (QED) is 0.211. The van der Waals surface area contributed by atoms with Gasteiger partial charge < -0.3 is 19.3 Å². The summed E-state index contributed by atoms with van der Waals surface area (Å²) in [5.41, 5.74) is 2.14. The zero-order chi connectivity index (χ0) is 27.1. The van der Waals surface area contributed by atoms with Crippen LogP contribution in [0.1, 0.15) is 51.9 Å². The Hall–Kier alpha value is -4.18. The van der Waals surface area contributed by atoms with Crippen molar-refractivity contribution in [3.05, 3.63) is 75.3 Å². The van der Waals surface area contributed by atoms with E-state index in [1.165, 1.54) is 12.0 Å². The molecule has 3 aromatic rings. The van der Waals surface area contributed by atoms with Crippen LogP contribution in [0.3, 0.4) is 0 Å². The lowest BCUT2D eigenvalue weighted by Crippen LogP contribution is -2.29. The molecule has 3 heterocycles. The Balaban J connectivity index is 1.69. The predicted molar refractivity (Wildman–Crippen MR) is 141 cm³/mol. The van der Waals surface area contributed by atoms with E-state index in [1.54, 1.807) is 49.4 Å². The standard InChI is InChI=1S/C28H26N2O7S/c1-5-36-19-8-6-7-16(13-19)22-21(23(31)17-9-10-20-18(12-17)11-14(2)37-20)24(32)26(33)30(22)28-29-15(3)25(38-28)27(34)35-4/h6-10,12-14,22,31H,5,11H2,1-4H3/b23-21+. The van der Waals surface area contributed by atoms with E-state index in [0.717, 1.165) is 22.6 Å². The number of ketones is 1. The number of carbonyl (C=O) groups excluding carboxylic acids is 3. The highest BCUT2D eigenvalue weighted by molar-refractivity contribution is 7.17. The Bertz CT molecular complexity index is 1490. The number of aliphatic hydroxyl groups is 1. The van der Waals surface area contributed by atoms with Gasteiger partial charge in [-0.2, -0.15) is 0 Å². The monoisotopic (exact) mass is 534 g/mol. The van der Waals surface area contributed by atoms with Crippen LogP contribution in [0.25, 0.3) is 5.76 Å². The number of ether oxygens (including phenoxy) is 3. The van der Waals surface area contributed by atoms with Crippen LogP contribution < -0.4 is 14.4 Å². The number of esters is 1. The lowest BCUT2D eigenvalue weighted by molar-refractivity contribution is -0.132. The molecule has 0 saturated carbocycles. The maximum absolute atomic E-state index is 13.5. The molecule has 0 spiro atoms. The highest BCUT2D eigenvalue weighted by Gasteiger charge is 2.48. The van der Waals surface area contributed by atoms with E-state index in [9.17, 15) is 19.5 Å². The Morgan fingerprint density at radius 1 is 1.24 bits per heavy atom. The maximum atomic E-state index is 13.5. The minimum atomic E-state index is -1.00. The summed E-state index contributed by atoms with van der Waals surface area (Å²) >= 11 is 0.949. The van der Waals surface area contributed by atoms with Crippen LogP contribution in [0.2, 0.25) is 0 Å². The molecule has 2 unspecified atom stereocenters. The molecule has 1 N–H and O–H groups in total. The first-order valence-corrected chi connectivity index (χ1v) is 12.9. The van der Waals surface area contributed by atoms with Gasteiger partial charge in [-0.3, -0.25) is 14.5 Å². The van der Waals surface area contributed by atoms with Crippen LogP contribution in [-0.2, 0) is 20.7 Å². The number of aryl methyl sites for hydroxylation is 1. The van der Waals surface area contributed by atoms with Crippen molar-refractivity contribution >= 4 is 39.9 Å². The second-order valence-electron chi connectivity index (χ2n) is 9.03. The molecule has 0 radical (unpaired) electrons. The number of benzene rings is 2. The van der Waals surface area contributed by atoms with E-state index in [-0.39, 0.29) is 27.4 Å². The molecule has 2 aliphatic heterocycles. The first kappa shape index (κ1) is 25.5. The number of aromatic nitrogens is 1. The van der Waals surface area contributed by atoms with Gasteiger partial charge in [0.15, 0.2) is 5.13 Å². The van der Waals surface area contributed by atoms with E-state index >= 15 is 0 Å². The van der Waals surface area contributed by atoms with Gasteiger partial charge in [-0.05, 0) is 62.2 Å². The summed E-state index contributed by atoms with van der Waals surface area (Å²) in [4.78, 5) is 45.1. The minimum Gasteiger partial charge on any atom is -0.507 e. The first-order chi connectivity index (χ1) is 18.2. The van der Waals surface area contributed by atoms with Crippen LogP contribution in [-0.4, -0.2) is 47.6 Å². The number of methoxy groups -OCH3 is 1. The summed E-state index contributed by atoms with van der Waals surface area (Å²) in [5, 5.41) is 11.6. The van der Waals surface area contributed by atoms with E-state index < -0.39 is 23.7 Å². The van der Waals surface area contributed by atoms with Crippen LogP contribution in [0, 0.1) is 6.92 Å². The summed E-state index contributed by atoms with van der Waals surface area (Å²) in [6.45, 7) is 5.85. The van der Waals surface area contributed by atoms with Crippen LogP contribution >= 0.6 is 11.3 Å². The molecule has 9 nitrogen and oxygen atoms in total. The molecule has 38 heavy (non-hydrogen) atoms. The average Bonchev–Trinajstić information content (AvgIpc) is 3.55. The molecule has 196 valence electrons. The second kappa shape index (κ2) is 9.94. The number of Topliss-reactive ketones (excluding diaryl/α,β-unsaturated/α-hetero) is 1. The molecule has 0 bridgehead atoms. The smallest absolute Gasteiger partial charge is 0.350 e. The van der Waals surface area contributed by atoms with E-state index in [0.29, 0.717) is 35.6 Å². The van der Waals surface area contributed by atoms with Gasteiger partial charge >= 0.3 is 11.9 Å². The van der Waals surface area contributed by atoms with Crippen LogP contribution in [0.15, 0.2) is 48.0 Å². The van der Waals surface area contributed by atoms with Gasteiger partial charge in [0.2, 0.25) is 0 Å². The number of rotatable bonds is 6. The molecule has 10 heteroatoms. The molecule has 1 saturated heterocycles. The Morgan fingerprint density at radius 2 is 2.03 bits per heavy atom. The fraction of sp³-hybridized carbons (Fsp3) is 0.286. The summed E-state index contributed by atoms with van der Waals surface area (Å²) in [7, 11) is 1.26. The third-order valence-corrected chi connectivity index (χ3v) is 7.60. The van der Waals surface area contributed by atoms with Crippen molar-refractivity contribution in [2.45, 2.75) is 39.3 Å². The zero-order valence-corrected chi connectivity index (χ0v) is 22.1. The third-order valence-electron chi connectivity index (χ3n) is 6.46. The number of nitrogens with zero attached hydrogens (tertiary/aromatic N) is 2. The first-order valence-electron chi connectivity index (χ1n) is 12.1. The third kappa shape index (κ3) is 4.30. The van der Waals surface area contributed by atoms with E-state index in [1.807, 2.05) is 13.8 Å². The van der Waals surface area contributed by atoms with Crippen molar-refractivity contribution in [3.8, 4) is 11.5 Å². The highest BCUT2D eigenvalue weighted by Crippen LogP contribution is 2.45. The normalized spacial score (nSPS) is 19.8. The molecule has 2 atom stereocenters. The van der Waals surface area contributed by atoms with Crippen molar-refractivity contribution in [2.24, 2.45) is 0 Å². The highest BCUT2D eigenvalue weighted by atomic mass is 32.1. The minimum absolute atomic E-state index is 0.00595. The van der Waals surface area contributed by atoms with Gasteiger partial charge in [-0.25, -0.2) is 9.78 Å². The fourth-order valence-electron chi connectivity index (χ4n) is 4.78. The lowest BCUT2D eigenvalue weighted by Gasteiger charge is -2.23. The lowest BCUT2D eigenvalue weighted by atomic mass is 9.94. The molecule has 0 aliphatic carbocycles. The Morgan fingerprint density at radius 3 is 2.76 bits per heavy atom. The summed E-state index contributed by atoms with van der Waals surface area (Å²) in [5.74, 6) is -1.34. The number of fused-ring (bicyclic) bond motifs is 1. The van der Waals surface area contributed by atoms with Crippen molar-refractivity contribution in [1.29, 1.82) is 0 Å². The van der Waals surface area contributed by atoms with Crippen LogP contribution in [0.5, 0.6) is 11.5 Å². The summed E-state index contributed by atoms with van der Waals surface area (Å²) in [6.07, 6.45) is 0.672. The van der Waals surface area contributed by atoms with Gasteiger partial charge in [-0.15, -0.1) is 0 Å². The van der Waals surface area contributed by atoms with Crippen molar-refractivity contribution in [1.82, 2.24) is 4.98 Å². The van der Waals surface area contributed by atoms with Gasteiger partial charge in [0.1, 0.15) is 28.2 Å². The fourth-order valence-corrected chi connectivity index (χ4v) is 5.79. The summed E-state index contributed by atoms with van der Waals surface area (Å²) in [6, 6.07) is 11.2. The number of aliphatic hydroxyl groups excluding tert-OH is 1. The predicted octanol–water partition coefficient (Wildman–Crippen LogP) is 4.59.